The topological polar surface area (TPSA) is 94.0 Å². The van der Waals surface area contributed by atoms with Crippen molar-refractivity contribution in [2.45, 2.75) is 38.6 Å². The Balaban J connectivity index is 1.63. The smallest absolute Gasteiger partial charge is 0.260 e. The largest absolute Gasteiger partial charge is 0.481 e. The molecule has 2 N–H and O–H groups in total. The average Bonchev–Trinajstić information content (AvgIpc) is 3.15. The fraction of sp³-hybridized carbons (Fsp3) is 0.429. The van der Waals surface area contributed by atoms with Crippen LogP contribution in [0.5, 0.6) is 5.75 Å². The molecule has 0 saturated carbocycles. The Kier molecular flexibility index (Phi) is 7.51. The minimum atomic E-state index is -0.584. The number of nitrogens with zero attached hydrogens (tertiary/aromatic N) is 4. The van der Waals surface area contributed by atoms with Crippen LogP contribution in [0.2, 0.25) is 0 Å². The lowest BCUT2D eigenvalue weighted by molar-refractivity contribution is -0.127. The maximum atomic E-state index is 12.3. The van der Waals surface area contributed by atoms with Crippen LogP contribution in [0.3, 0.4) is 0 Å². The maximum absolute atomic E-state index is 12.3. The number of amides is 1. The Labute approximate surface area is 180 Å². The zero-order valence-electron chi connectivity index (χ0n) is 17.8. The summed E-state index contributed by atoms with van der Waals surface area (Å²) in [4.78, 5) is 21.5. The second-order valence-corrected chi connectivity index (χ2v) is 8.08. The lowest BCUT2D eigenvalue weighted by atomic mass is 10.2. The number of benzene rings is 1. The predicted octanol–water partition coefficient (Wildman–Crippen LogP) is 3.20. The Morgan fingerprint density at radius 1 is 1.20 bits per heavy atom. The van der Waals surface area contributed by atoms with Gasteiger partial charge in [0, 0.05) is 13.1 Å². The lowest BCUT2D eigenvalue weighted by Gasteiger charge is -2.15. The second-order valence-electron chi connectivity index (χ2n) is 7.30. The third-order valence-electron chi connectivity index (χ3n) is 4.38. The van der Waals surface area contributed by atoms with E-state index in [1.54, 1.807) is 17.8 Å². The van der Waals surface area contributed by atoms with Gasteiger partial charge in [-0.1, -0.05) is 43.8 Å². The Morgan fingerprint density at radius 3 is 2.67 bits per heavy atom. The first-order chi connectivity index (χ1) is 14.5. The Bertz CT molecular complexity index is 976. The first-order valence-corrected chi connectivity index (χ1v) is 11.2. The molecule has 0 bridgehead atoms. The molecule has 0 spiro atoms. The Hall–Kier alpha value is -2.81. The van der Waals surface area contributed by atoms with Crippen LogP contribution in [0.4, 0.5) is 5.82 Å². The van der Waals surface area contributed by atoms with Crippen molar-refractivity contribution in [3.05, 3.63) is 36.5 Å². The molecule has 1 atom stereocenters. The molecule has 160 valence electrons. The minimum absolute atomic E-state index is 0.172. The van der Waals surface area contributed by atoms with E-state index in [2.05, 4.69) is 39.5 Å². The highest BCUT2D eigenvalue weighted by Crippen LogP contribution is 2.23. The number of para-hydroxylation sites is 1. The van der Waals surface area contributed by atoms with E-state index in [1.807, 2.05) is 36.6 Å². The fourth-order valence-corrected chi connectivity index (χ4v) is 3.17. The van der Waals surface area contributed by atoms with Crippen LogP contribution in [0.15, 0.2) is 41.7 Å². The van der Waals surface area contributed by atoms with Crippen molar-refractivity contribution in [2.75, 3.05) is 24.7 Å². The maximum Gasteiger partial charge on any atom is 0.260 e. The molecule has 0 saturated heterocycles. The van der Waals surface area contributed by atoms with Crippen LogP contribution < -0.4 is 15.4 Å². The zero-order valence-corrected chi connectivity index (χ0v) is 18.6. The molecule has 0 aliphatic carbocycles. The van der Waals surface area contributed by atoms with E-state index in [9.17, 15) is 4.79 Å². The normalized spacial score (nSPS) is 12.2. The number of carbonyl (C=O) groups excluding carboxylic acids is 1. The summed E-state index contributed by atoms with van der Waals surface area (Å²) in [5.41, 5.74) is 0.753. The summed E-state index contributed by atoms with van der Waals surface area (Å²) in [7, 11) is 0. The highest BCUT2D eigenvalue weighted by Gasteiger charge is 2.16. The number of hydrogen-bond donors (Lipinski definition) is 2. The summed E-state index contributed by atoms with van der Waals surface area (Å²) < 4.78 is 7.45. The molecule has 9 heteroatoms. The molecule has 2 heterocycles. The molecule has 0 fully saturated rings. The van der Waals surface area contributed by atoms with E-state index < -0.39 is 6.10 Å². The van der Waals surface area contributed by atoms with E-state index in [4.69, 9.17) is 4.74 Å². The van der Waals surface area contributed by atoms with Crippen molar-refractivity contribution in [1.82, 2.24) is 25.1 Å². The standard InChI is InChI=1S/C21H28N6O2S/c1-14(2)12-23-18-17-13-24-27(19(17)26-21(25-18)30-4)11-10-22-20(28)15(3)29-16-8-6-5-7-9-16/h5-9,13-15H,10-12H2,1-4H3,(H,22,28)(H,23,25,26). The number of carbonyl (C=O) groups is 1. The monoisotopic (exact) mass is 428 g/mol. The van der Waals surface area contributed by atoms with Gasteiger partial charge in [0.05, 0.1) is 18.1 Å². The van der Waals surface area contributed by atoms with Crippen molar-refractivity contribution in [3.8, 4) is 5.75 Å². The summed E-state index contributed by atoms with van der Waals surface area (Å²) >= 11 is 1.49. The molecule has 3 aromatic rings. The van der Waals surface area contributed by atoms with E-state index in [0.717, 1.165) is 23.4 Å². The van der Waals surface area contributed by atoms with Gasteiger partial charge >= 0.3 is 0 Å². The van der Waals surface area contributed by atoms with E-state index >= 15 is 0 Å². The molecule has 1 aromatic carbocycles. The van der Waals surface area contributed by atoms with Gasteiger partial charge in [0.15, 0.2) is 16.9 Å². The van der Waals surface area contributed by atoms with E-state index in [1.165, 1.54) is 11.8 Å². The summed E-state index contributed by atoms with van der Waals surface area (Å²) in [6.45, 7) is 7.77. The van der Waals surface area contributed by atoms with Gasteiger partial charge in [0.2, 0.25) is 0 Å². The number of anilines is 1. The molecular formula is C21H28N6O2S. The predicted molar refractivity (Wildman–Crippen MR) is 120 cm³/mol. The van der Waals surface area contributed by atoms with Gasteiger partial charge in [0.1, 0.15) is 11.6 Å². The van der Waals surface area contributed by atoms with Crippen molar-refractivity contribution in [3.63, 3.8) is 0 Å². The molecule has 1 amide bonds. The lowest BCUT2D eigenvalue weighted by Crippen LogP contribution is -2.38. The van der Waals surface area contributed by atoms with Crippen LogP contribution in [0, 0.1) is 5.92 Å². The van der Waals surface area contributed by atoms with Crippen molar-refractivity contribution in [1.29, 1.82) is 0 Å². The quantitative estimate of drug-likeness (QED) is 0.378. The first kappa shape index (κ1) is 21.9. The molecule has 3 rings (SSSR count). The molecule has 0 radical (unpaired) electrons. The van der Waals surface area contributed by atoms with Gasteiger partial charge in [-0.3, -0.25) is 4.79 Å². The van der Waals surface area contributed by atoms with Gasteiger partial charge in [-0.2, -0.15) is 5.10 Å². The summed E-state index contributed by atoms with van der Waals surface area (Å²) in [6, 6.07) is 9.30. The zero-order chi connectivity index (χ0) is 21.5. The van der Waals surface area contributed by atoms with Crippen molar-refractivity contribution in [2.24, 2.45) is 5.92 Å². The van der Waals surface area contributed by atoms with Gasteiger partial charge in [-0.05, 0) is 31.2 Å². The number of hydrogen-bond acceptors (Lipinski definition) is 7. The first-order valence-electron chi connectivity index (χ1n) is 9.98. The number of ether oxygens (including phenoxy) is 1. The highest BCUT2D eigenvalue weighted by molar-refractivity contribution is 7.98. The fourth-order valence-electron chi connectivity index (χ4n) is 2.81. The summed E-state index contributed by atoms with van der Waals surface area (Å²) in [5, 5.41) is 12.3. The molecule has 2 aromatic heterocycles. The molecule has 8 nitrogen and oxygen atoms in total. The molecule has 30 heavy (non-hydrogen) atoms. The third-order valence-corrected chi connectivity index (χ3v) is 4.93. The Morgan fingerprint density at radius 2 is 1.97 bits per heavy atom. The average molecular weight is 429 g/mol. The second kappa shape index (κ2) is 10.3. The molecule has 0 aliphatic rings. The van der Waals surface area contributed by atoms with Crippen LogP contribution in [-0.2, 0) is 11.3 Å². The van der Waals surface area contributed by atoms with Gasteiger partial charge in [-0.15, -0.1) is 0 Å². The van der Waals surface area contributed by atoms with Crippen LogP contribution in [0.1, 0.15) is 20.8 Å². The third kappa shape index (κ3) is 5.63. The number of aromatic nitrogens is 4. The summed E-state index contributed by atoms with van der Waals surface area (Å²) in [5.74, 6) is 1.78. The number of nitrogens with one attached hydrogen (secondary N) is 2. The highest BCUT2D eigenvalue weighted by atomic mass is 32.2. The molecule has 0 aliphatic heterocycles. The van der Waals surface area contributed by atoms with E-state index in [0.29, 0.717) is 29.9 Å². The van der Waals surface area contributed by atoms with Crippen LogP contribution in [0.25, 0.3) is 11.0 Å². The van der Waals surface area contributed by atoms with Gasteiger partial charge < -0.3 is 15.4 Å². The van der Waals surface area contributed by atoms with E-state index in [-0.39, 0.29) is 5.91 Å². The minimum Gasteiger partial charge on any atom is -0.481 e. The SMILES string of the molecule is CSc1nc(NCC(C)C)c2cnn(CCNC(=O)C(C)Oc3ccccc3)c2n1. The molecule has 1 unspecified atom stereocenters. The van der Waals surface area contributed by atoms with Gasteiger partial charge in [-0.25, -0.2) is 14.6 Å². The van der Waals surface area contributed by atoms with Crippen molar-refractivity contribution < 1.29 is 9.53 Å². The van der Waals surface area contributed by atoms with Gasteiger partial charge in [0.25, 0.3) is 5.91 Å². The van der Waals surface area contributed by atoms with Crippen LogP contribution in [-0.4, -0.2) is 51.1 Å². The summed E-state index contributed by atoms with van der Waals surface area (Å²) in [6.07, 6.45) is 3.13. The number of fused-ring (bicyclic) bond motifs is 1. The number of thioether (sulfide) groups is 1. The van der Waals surface area contributed by atoms with Crippen LogP contribution >= 0.6 is 11.8 Å². The van der Waals surface area contributed by atoms with Crippen molar-refractivity contribution >= 4 is 34.5 Å². The number of rotatable bonds is 10. The molecular weight excluding hydrogens is 400 g/mol.